The minimum absolute atomic E-state index is 0.0331. The Labute approximate surface area is 194 Å². The first kappa shape index (κ1) is 22.6. The van der Waals surface area contributed by atoms with Crippen LogP contribution < -0.4 is 0 Å². The summed E-state index contributed by atoms with van der Waals surface area (Å²) in [5.41, 5.74) is 2.57. The standard InChI is InChI=1S/C21H22N4O4S3/c1-4-8-25-18-6-5-15(32(27,28)24(2)3)10-16(18)22-19(25)11-29-21(26)17-13-31-20(23-17)14-7-9-30-12-14/h5-7,9-10,12-13H,4,8,11H2,1-3H3. The number of hydrogen-bond donors (Lipinski definition) is 0. The number of carbonyl (C=O) groups excluding carboxylic acids is 1. The van der Waals surface area contributed by atoms with Gasteiger partial charge in [-0.2, -0.15) is 11.3 Å². The molecule has 0 unspecified atom stereocenters. The smallest absolute Gasteiger partial charge is 0.358 e. The number of thiazole rings is 1. The maximum atomic E-state index is 12.5. The second-order valence-electron chi connectivity index (χ2n) is 7.24. The number of benzene rings is 1. The van der Waals surface area contributed by atoms with E-state index < -0.39 is 16.0 Å². The predicted molar refractivity (Wildman–Crippen MR) is 125 cm³/mol. The number of aryl methyl sites for hydroxylation is 1. The lowest BCUT2D eigenvalue weighted by Gasteiger charge is -2.11. The van der Waals surface area contributed by atoms with Crippen LogP contribution in [0.25, 0.3) is 21.6 Å². The van der Waals surface area contributed by atoms with Gasteiger partial charge in [0.15, 0.2) is 5.69 Å². The molecule has 1 aromatic carbocycles. The molecular weight excluding hydrogens is 468 g/mol. The van der Waals surface area contributed by atoms with E-state index >= 15 is 0 Å². The highest BCUT2D eigenvalue weighted by atomic mass is 32.2. The first-order valence-corrected chi connectivity index (χ1v) is 13.1. The lowest BCUT2D eigenvalue weighted by molar-refractivity contribution is 0.0452. The molecule has 32 heavy (non-hydrogen) atoms. The average molecular weight is 491 g/mol. The largest absolute Gasteiger partial charge is 0.453 e. The molecule has 3 heterocycles. The molecule has 0 atom stereocenters. The average Bonchev–Trinajstić information content (AvgIpc) is 3.51. The van der Waals surface area contributed by atoms with E-state index in [1.165, 1.54) is 25.4 Å². The van der Waals surface area contributed by atoms with Crippen molar-refractivity contribution in [2.24, 2.45) is 0 Å². The molecule has 0 bridgehead atoms. The number of carbonyl (C=O) groups is 1. The van der Waals surface area contributed by atoms with Gasteiger partial charge in [0.05, 0.1) is 15.9 Å². The van der Waals surface area contributed by atoms with Gasteiger partial charge in [-0.05, 0) is 36.1 Å². The van der Waals surface area contributed by atoms with Crippen LogP contribution in [0.1, 0.15) is 29.7 Å². The fourth-order valence-electron chi connectivity index (χ4n) is 3.20. The van der Waals surface area contributed by atoms with Crippen LogP contribution in [0.3, 0.4) is 0 Å². The first-order chi connectivity index (χ1) is 15.3. The van der Waals surface area contributed by atoms with Gasteiger partial charge in [-0.1, -0.05) is 6.92 Å². The van der Waals surface area contributed by atoms with Gasteiger partial charge in [0.25, 0.3) is 0 Å². The van der Waals surface area contributed by atoms with Crippen molar-refractivity contribution < 1.29 is 17.9 Å². The van der Waals surface area contributed by atoms with Crippen molar-refractivity contribution in [1.82, 2.24) is 18.8 Å². The van der Waals surface area contributed by atoms with E-state index in [0.29, 0.717) is 17.9 Å². The van der Waals surface area contributed by atoms with Crippen LogP contribution in [0.15, 0.2) is 45.3 Å². The molecular formula is C21H22N4O4S3. The van der Waals surface area contributed by atoms with Gasteiger partial charge in [-0.15, -0.1) is 11.3 Å². The summed E-state index contributed by atoms with van der Waals surface area (Å²) in [4.78, 5) is 21.7. The van der Waals surface area contributed by atoms with Crippen molar-refractivity contribution >= 4 is 49.7 Å². The van der Waals surface area contributed by atoms with Crippen LogP contribution in [0.2, 0.25) is 0 Å². The minimum Gasteiger partial charge on any atom is -0.453 e. The van der Waals surface area contributed by atoms with E-state index in [4.69, 9.17) is 4.74 Å². The van der Waals surface area contributed by atoms with Gasteiger partial charge < -0.3 is 9.30 Å². The maximum absolute atomic E-state index is 12.5. The monoisotopic (exact) mass is 490 g/mol. The van der Waals surface area contributed by atoms with Gasteiger partial charge >= 0.3 is 5.97 Å². The highest BCUT2D eigenvalue weighted by Gasteiger charge is 2.21. The van der Waals surface area contributed by atoms with Crippen LogP contribution in [0.5, 0.6) is 0 Å². The molecule has 4 rings (SSSR count). The third-order valence-corrected chi connectivity index (χ3v) is 8.22. The molecule has 0 spiro atoms. The molecule has 0 saturated heterocycles. The van der Waals surface area contributed by atoms with Crippen LogP contribution in [0.4, 0.5) is 0 Å². The Morgan fingerprint density at radius 3 is 2.69 bits per heavy atom. The number of nitrogens with zero attached hydrogens (tertiary/aromatic N) is 4. The summed E-state index contributed by atoms with van der Waals surface area (Å²) in [7, 11) is -0.593. The molecule has 0 aliphatic rings. The fraction of sp³-hybridized carbons (Fsp3) is 0.286. The molecule has 4 aromatic rings. The molecule has 0 aliphatic carbocycles. The molecule has 11 heteroatoms. The van der Waals surface area contributed by atoms with Crippen molar-refractivity contribution in [3.8, 4) is 10.6 Å². The zero-order valence-corrected chi connectivity index (χ0v) is 20.3. The predicted octanol–water partition coefficient (Wildman–Crippen LogP) is 4.24. The molecule has 0 N–H and O–H groups in total. The van der Waals surface area contributed by atoms with Gasteiger partial charge in [0.2, 0.25) is 10.0 Å². The molecule has 0 fully saturated rings. The number of sulfonamides is 1. The van der Waals surface area contributed by atoms with E-state index in [0.717, 1.165) is 26.8 Å². The number of thiophene rings is 1. The molecule has 3 aromatic heterocycles. The van der Waals surface area contributed by atoms with E-state index in [9.17, 15) is 13.2 Å². The Bertz CT molecular complexity index is 1360. The number of ether oxygens (including phenoxy) is 1. The summed E-state index contributed by atoms with van der Waals surface area (Å²) in [6, 6.07) is 6.82. The fourth-order valence-corrected chi connectivity index (χ4v) is 5.63. The Balaban J connectivity index is 1.58. The first-order valence-electron chi connectivity index (χ1n) is 9.88. The van der Waals surface area contributed by atoms with Crippen LogP contribution in [-0.2, 0) is 27.9 Å². The van der Waals surface area contributed by atoms with Gasteiger partial charge in [0.1, 0.15) is 17.4 Å². The number of imidazole rings is 1. The number of fused-ring (bicyclic) bond motifs is 1. The molecule has 0 radical (unpaired) electrons. The van der Waals surface area contributed by atoms with Crippen molar-refractivity contribution in [2.75, 3.05) is 14.1 Å². The quantitative estimate of drug-likeness (QED) is 0.343. The summed E-state index contributed by atoms with van der Waals surface area (Å²) in [6.45, 7) is 2.67. The van der Waals surface area contributed by atoms with Gasteiger partial charge in [0, 0.05) is 37.0 Å². The zero-order valence-electron chi connectivity index (χ0n) is 17.8. The highest BCUT2D eigenvalue weighted by Crippen LogP contribution is 2.26. The number of hydrogen-bond acceptors (Lipinski definition) is 8. The van der Waals surface area contributed by atoms with E-state index in [2.05, 4.69) is 9.97 Å². The zero-order chi connectivity index (χ0) is 22.9. The number of esters is 1. The van der Waals surface area contributed by atoms with Crippen molar-refractivity contribution in [1.29, 1.82) is 0 Å². The van der Waals surface area contributed by atoms with Crippen LogP contribution in [-0.4, -0.2) is 47.3 Å². The molecule has 8 nitrogen and oxygen atoms in total. The topological polar surface area (TPSA) is 94.4 Å². The summed E-state index contributed by atoms with van der Waals surface area (Å²) >= 11 is 2.96. The molecule has 168 valence electrons. The maximum Gasteiger partial charge on any atom is 0.358 e. The van der Waals surface area contributed by atoms with Gasteiger partial charge in [-0.3, -0.25) is 0 Å². The van der Waals surface area contributed by atoms with Crippen molar-refractivity contribution in [3.05, 3.63) is 51.9 Å². The van der Waals surface area contributed by atoms with Crippen LogP contribution in [0, 0.1) is 0 Å². The Kier molecular flexibility index (Phi) is 6.42. The molecule has 0 saturated carbocycles. The van der Waals surface area contributed by atoms with Gasteiger partial charge in [-0.25, -0.2) is 27.5 Å². The summed E-state index contributed by atoms with van der Waals surface area (Å²) in [6.07, 6.45) is 0.847. The van der Waals surface area contributed by atoms with E-state index in [1.54, 1.807) is 34.9 Å². The Morgan fingerprint density at radius 1 is 1.19 bits per heavy atom. The third-order valence-electron chi connectivity index (χ3n) is 4.84. The van der Waals surface area contributed by atoms with Crippen molar-refractivity contribution in [2.45, 2.75) is 31.4 Å². The minimum atomic E-state index is -3.57. The summed E-state index contributed by atoms with van der Waals surface area (Å²) in [5, 5.41) is 6.39. The SMILES string of the molecule is CCCn1c(COC(=O)c2csc(-c3ccsc3)n2)nc2cc(S(=O)(=O)N(C)C)ccc21. The molecule has 0 aliphatic heterocycles. The van der Waals surface area contributed by atoms with Crippen molar-refractivity contribution in [3.63, 3.8) is 0 Å². The lowest BCUT2D eigenvalue weighted by Crippen LogP contribution is -2.22. The second-order valence-corrected chi connectivity index (χ2v) is 11.0. The number of rotatable bonds is 8. The lowest BCUT2D eigenvalue weighted by atomic mass is 10.3. The normalized spacial score (nSPS) is 12.0. The van der Waals surface area contributed by atoms with E-state index in [-0.39, 0.29) is 17.2 Å². The van der Waals surface area contributed by atoms with Crippen LogP contribution >= 0.6 is 22.7 Å². The Morgan fingerprint density at radius 2 is 2.00 bits per heavy atom. The van der Waals surface area contributed by atoms with E-state index in [1.807, 2.05) is 28.3 Å². The highest BCUT2D eigenvalue weighted by molar-refractivity contribution is 7.89. The second kappa shape index (κ2) is 9.10. The third kappa shape index (κ3) is 4.33. The molecule has 0 amide bonds. The summed E-state index contributed by atoms with van der Waals surface area (Å²) in [5.74, 6) is 0.0385. The Hall–Kier alpha value is -2.60. The summed E-state index contributed by atoms with van der Waals surface area (Å²) < 4.78 is 33.5. The number of aromatic nitrogens is 3.